The minimum absolute atomic E-state index is 0.0292. The normalized spacial score (nSPS) is 18.9. The van der Waals surface area contributed by atoms with Gasteiger partial charge in [0.05, 0.1) is 12.7 Å². The largest absolute Gasteiger partial charge is 0.465 e. The molecular formula is C22H20O6. The van der Waals surface area contributed by atoms with Crippen LogP contribution in [0.25, 0.3) is 0 Å². The second kappa shape index (κ2) is 8.08. The highest BCUT2D eigenvalue weighted by atomic mass is 16.6. The molecule has 144 valence electrons. The molecule has 1 aliphatic heterocycles. The SMILES string of the molecule is C=C1COC(=O)C(C(=O)OCc2ccccc2)(c2ccc(C(=O)OC)cc2)C1. The van der Waals surface area contributed by atoms with Gasteiger partial charge in [0, 0.05) is 6.42 Å². The molecule has 0 radical (unpaired) electrons. The van der Waals surface area contributed by atoms with E-state index in [-0.39, 0.29) is 19.6 Å². The molecular weight excluding hydrogens is 360 g/mol. The van der Waals surface area contributed by atoms with Gasteiger partial charge in [-0.2, -0.15) is 0 Å². The first-order valence-electron chi connectivity index (χ1n) is 8.71. The first kappa shape index (κ1) is 19.4. The van der Waals surface area contributed by atoms with Crippen LogP contribution >= 0.6 is 0 Å². The molecule has 3 rings (SSSR count). The highest BCUT2D eigenvalue weighted by molar-refractivity contribution is 6.07. The van der Waals surface area contributed by atoms with Gasteiger partial charge in [-0.15, -0.1) is 0 Å². The summed E-state index contributed by atoms with van der Waals surface area (Å²) in [5, 5.41) is 0. The number of hydrogen-bond donors (Lipinski definition) is 0. The lowest BCUT2D eigenvalue weighted by atomic mass is 9.74. The van der Waals surface area contributed by atoms with Crippen molar-refractivity contribution in [3.05, 3.63) is 83.4 Å². The Labute approximate surface area is 162 Å². The highest BCUT2D eigenvalue weighted by Crippen LogP contribution is 2.37. The van der Waals surface area contributed by atoms with E-state index in [2.05, 4.69) is 11.3 Å². The van der Waals surface area contributed by atoms with Crippen molar-refractivity contribution < 1.29 is 28.6 Å². The number of rotatable bonds is 5. The van der Waals surface area contributed by atoms with Gasteiger partial charge in [-0.25, -0.2) is 4.79 Å². The molecule has 6 nitrogen and oxygen atoms in total. The average Bonchev–Trinajstić information content (AvgIpc) is 2.74. The first-order valence-corrected chi connectivity index (χ1v) is 8.71. The van der Waals surface area contributed by atoms with Crippen LogP contribution in [0.3, 0.4) is 0 Å². The van der Waals surface area contributed by atoms with E-state index in [1.54, 1.807) is 0 Å². The molecule has 0 spiro atoms. The predicted molar refractivity (Wildman–Crippen MR) is 100 cm³/mol. The van der Waals surface area contributed by atoms with Crippen LogP contribution in [0.1, 0.15) is 27.9 Å². The van der Waals surface area contributed by atoms with Crippen LogP contribution in [-0.4, -0.2) is 31.6 Å². The second-order valence-corrected chi connectivity index (χ2v) is 6.54. The van der Waals surface area contributed by atoms with Crippen LogP contribution in [0.2, 0.25) is 0 Å². The number of esters is 3. The van der Waals surface area contributed by atoms with Crippen molar-refractivity contribution in [2.75, 3.05) is 13.7 Å². The van der Waals surface area contributed by atoms with Crippen LogP contribution in [0.5, 0.6) is 0 Å². The molecule has 1 saturated heterocycles. The summed E-state index contributed by atoms with van der Waals surface area (Å²) in [4.78, 5) is 37.5. The number of carbonyl (C=O) groups is 3. The summed E-state index contributed by atoms with van der Waals surface area (Å²) in [6, 6.07) is 15.2. The lowest BCUT2D eigenvalue weighted by molar-refractivity contribution is -0.168. The number of benzene rings is 2. The Morgan fingerprint density at radius 2 is 1.79 bits per heavy atom. The molecule has 0 amide bonds. The highest BCUT2D eigenvalue weighted by Gasteiger charge is 2.53. The fraction of sp³-hybridized carbons (Fsp3) is 0.227. The molecule has 2 aromatic rings. The van der Waals surface area contributed by atoms with E-state index in [9.17, 15) is 14.4 Å². The zero-order valence-corrected chi connectivity index (χ0v) is 15.5. The maximum atomic E-state index is 13.1. The average molecular weight is 380 g/mol. The molecule has 1 fully saturated rings. The molecule has 0 bridgehead atoms. The third-order valence-electron chi connectivity index (χ3n) is 4.63. The van der Waals surface area contributed by atoms with E-state index in [0.29, 0.717) is 16.7 Å². The maximum absolute atomic E-state index is 13.1. The lowest BCUT2D eigenvalue weighted by Gasteiger charge is -2.34. The number of methoxy groups -OCH3 is 1. The van der Waals surface area contributed by atoms with Crippen LogP contribution < -0.4 is 0 Å². The van der Waals surface area contributed by atoms with E-state index in [4.69, 9.17) is 9.47 Å². The van der Waals surface area contributed by atoms with E-state index >= 15 is 0 Å². The molecule has 1 atom stereocenters. The van der Waals surface area contributed by atoms with Gasteiger partial charge < -0.3 is 14.2 Å². The molecule has 2 aromatic carbocycles. The van der Waals surface area contributed by atoms with Crippen molar-refractivity contribution in [1.29, 1.82) is 0 Å². The smallest absolute Gasteiger partial charge is 0.337 e. The molecule has 1 unspecified atom stereocenters. The maximum Gasteiger partial charge on any atom is 0.337 e. The third-order valence-corrected chi connectivity index (χ3v) is 4.63. The van der Waals surface area contributed by atoms with Crippen molar-refractivity contribution in [2.45, 2.75) is 18.4 Å². The summed E-state index contributed by atoms with van der Waals surface area (Å²) in [6.07, 6.45) is 0.0804. The van der Waals surface area contributed by atoms with Gasteiger partial charge in [0.2, 0.25) is 0 Å². The quantitative estimate of drug-likeness (QED) is 0.343. The Kier molecular flexibility index (Phi) is 5.59. The molecule has 0 N–H and O–H groups in total. The fourth-order valence-corrected chi connectivity index (χ4v) is 3.14. The number of carbonyl (C=O) groups excluding carboxylic acids is 3. The zero-order chi connectivity index (χ0) is 20.1. The molecule has 1 aliphatic rings. The van der Waals surface area contributed by atoms with Crippen LogP contribution in [0.4, 0.5) is 0 Å². The number of hydrogen-bond acceptors (Lipinski definition) is 6. The van der Waals surface area contributed by atoms with E-state index in [1.807, 2.05) is 30.3 Å². The van der Waals surface area contributed by atoms with Crippen LogP contribution in [0.15, 0.2) is 66.7 Å². The van der Waals surface area contributed by atoms with Gasteiger partial charge in [0.25, 0.3) is 0 Å². The van der Waals surface area contributed by atoms with E-state index < -0.39 is 23.3 Å². The van der Waals surface area contributed by atoms with Gasteiger partial charge in [-0.3, -0.25) is 9.59 Å². The minimum Gasteiger partial charge on any atom is -0.465 e. The molecule has 28 heavy (non-hydrogen) atoms. The van der Waals surface area contributed by atoms with Gasteiger partial charge in [-0.05, 0) is 28.8 Å². The Bertz CT molecular complexity index is 900. The monoisotopic (exact) mass is 380 g/mol. The first-order chi connectivity index (χ1) is 13.5. The van der Waals surface area contributed by atoms with Crippen molar-refractivity contribution in [1.82, 2.24) is 0 Å². The Balaban J connectivity index is 1.93. The van der Waals surface area contributed by atoms with Crippen LogP contribution in [-0.2, 0) is 35.8 Å². The Morgan fingerprint density at radius 3 is 2.43 bits per heavy atom. The zero-order valence-electron chi connectivity index (χ0n) is 15.5. The minimum atomic E-state index is -1.65. The Hall–Kier alpha value is -3.41. The topological polar surface area (TPSA) is 78.9 Å². The van der Waals surface area contributed by atoms with Gasteiger partial charge in [0.1, 0.15) is 13.2 Å². The van der Waals surface area contributed by atoms with Crippen molar-refractivity contribution in [3.63, 3.8) is 0 Å². The molecule has 1 heterocycles. The van der Waals surface area contributed by atoms with Crippen molar-refractivity contribution in [2.24, 2.45) is 0 Å². The second-order valence-electron chi connectivity index (χ2n) is 6.54. The molecule has 0 saturated carbocycles. The summed E-state index contributed by atoms with van der Waals surface area (Å²) in [5.74, 6) is -1.92. The third kappa shape index (κ3) is 3.67. The van der Waals surface area contributed by atoms with E-state index in [1.165, 1.54) is 31.4 Å². The Morgan fingerprint density at radius 1 is 1.11 bits per heavy atom. The fourth-order valence-electron chi connectivity index (χ4n) is 3.14. The van der Waals surface area contributed by atoms with E-state index in [0.717, 1.165) is 5.56 Å². The summed E-state index contributed by atoms with van der Waals surface area (Å²) >= 11 is 0. The predicted octanol–water partition coefficient (Wildman–Crippen LogP) is 2.96. The lowest BCUT2D eigenvalue weighted by Crippen LogP contribution is -2.49. The summed E-state index contributed by atoms with van der Waals surface area (Å²) < 4.78 is 15.4. The summed E-state index contributed by atoms with van der Waals surface area (Å²) in [5.41, 5.74) is 0.438. The number of cyclic esters (lactones) is 1. The van der Waals surface area contributed by atoms with Crippen LogP contribution in [0, 0.1) is 0 Å². The van der Waals surface area contributed by atoms with Crippen molar-refractivity contribution >= 4 is 17.9 Å². The van der Waals surface area contributed by atoms with Gasteiger partial charge in [0.15, 0.2) is 5.41 Å². The van der Waals surface area contributed by atoms with Crippen molar-refractivity contribution in [3.8, 4) is 0 Å². The van der Waals surface area contributed by atoms with Gasteiger partial charge >= 0.3 is 17.9 Å². The number of ether oxygens (including phenoxy) is 3. The molecule has 0 aliphatic carbocycles. The summed E-state index contributed by atoms with van der Waals surface area (Å²) in [6.45, 7) is 3.96. The molecule has 6 heteroatoms. The molecule has 0 aromatic heterocycles. The standard InChI is InChI=1S/C22H20O6/c1-15-12-22(20(24)27-13-15,18-10-8-17(9-11-18)19(23)26-2)21(25)28-14-16-6-4-3-5-7-16/h3-11H,1,12-14H2,2H3. The summed E-state index contributed by atoms with van der Waals surface area (Å²) in [7, 11) is 1.28. The van der Waals surface area contributed by atoms with Gasteiger partial charge in [-0.1, -0.05) is 49.0 Å².